The highest BCUT2D eigenvalue weighted by Gasteiger charge is 2.31. The molecule has 1 aliphatic carbocycles. The van der Waals surface area contributed by atoms with Crippen molar-refractivity contribution in [1.82, 2.24) is 30.2 Å². The highest BCUT2D eigenvalue weighted by molar-refractivity contribution is 7.10. The number of urea groups is 1. The Morgan fingerprint density at radius 1 is 0.943 bits per heavy atom. The van der Waals surface area contributed by atoms with Crippen molar-refractivity contribution >= 4 is 46.5 Å². The van der Waals surface area contributed by atoms with Crippen molar-refractivity contribution in [3.63, 3.8) is 0 Å². The number of amides is 4. The summed E-state index contributed by atoms with van der Waals surface area (Å²) in [6.07, 6.45) is 7.59. The molecule has 4 N–H and O–H groups in total. The van der Waals surface area contributed by atoms with Crippen LogP contribution < -0.4 is 16.0 Å². The third-order valence-electron chi connectivity index (χ3n) is 9.19. The molecule has 13 heteroatoms. The molecule has 11 nitrogen and oxygen atoms in total. The Kier molecular flexibility index (Phi) is 15.0. The van der Waals surface area contributed by atoms with Gasteiger partial charge in [0.1, 0.15) is 17.7 Å². The molecule has 0 saturated carbocycles. The highest BCUT2D eigenvalue weighted by Crippen LogP contribution is 2.29. The van der Waals surface area contributed by atoms with Gasteiger partial charge < -0.3 is 30.7 Å². The standard InChI is InChI=1S/C40H50N6O5S2/c1-27(2)36(45-39(49)46(3)24-32-26-52-38(43-32)30-17-11-6-12-18-30)37(48)42-31(21-28-13-7-4-8-14-28)23-35(47)34(22-29-15-9-5-10-16-29)44-40(50)51-25-33-19-20-41-53-33/h4-5,7-10,13-17,19-20,26-27,31,34-36,47H,6,11-12,18,21-25H2,1-3H3,(H,42,48)(H,44,50)(H,45,49)/t31-,34-,35-,36-/m0/s1. The van der Waals surface area contributed by atoms with Crippen molar-refractivity contribution in [3.05, 3.63) is 111 Å². The molecule has 4 amide bonds. The fourth-order valence-electron chi connectivity index (χ4n) is 6.29. The molecular formula is C40H50N6O5S2. The Morgan fingerprint density at radius 3 is 2.30 bits per heavy atom. The molecule has 4 aromatic rings. The fourth-order valence-corrected chi connectivity index (χ4v) is 7.66. The number of nitrogens with one attached hydrogen (secondary N) is 3. The van der Waals surface area contributed by atoms with Crippen LogP contribution >= 0.6 is 22.9 Å². The first-order valence-electron chi connectivity index (χ1n) is 18.2. The topological polar surface area (TPSA) is 146 Å². The Balaban J connectivity index is 1.25. The van der Waals surface area contributed by atoms with E-state index in [1.807, 2.05) is 79.9 Å². The van der Waals surface area contributed by atoms with Crippen molar-refractivity contribution in [2.24, 2.45) is 5.92 Å². The molecule has 2 aromatic heterocycles. The average molecular weight is 759 g/mol. The summed E-state index contributed by atoms with van der Waals surface area (Å²) in [5, 5.41) is 23.6. The number of carbonyl (C=O) groups is 3. The van der Waals surface area contributed by atoms with E-state index < -0.39 is 30.3 Å². The summed E-state index contributed by atoms with van der Waals surface area (Å²) in [4.78, 5) is 47.4. The van der Waals surface area contributed by atoms with E-state index in [4.69, 9.17) is 9.72 Å². The molecule has 4 atom stereocenters. The van der Waals surface area contributed by atoms with Gasteiger partial charge in [-0.05, 0) is 85.2 Å². The molecule has 2 aromatic carbocycles. The normalized spacial score (nSPS) is 15.1. The number of ether oxygens (including phenoxy) is 1. The molecule has 0 radical (unpaired) electrons. The first kappa shape index (κ1) is 39.6. The maximum absolute atomic E-state index is 14.0. The monoisotopic (exact) mass is 758 g/mol. The summed E-state index contributed by atoms with van der Waals surface area (Å²) in [5.74, 6) is -0.578. The molecule has 282 valence electrons. The van der Waals surface area contributed by atoms with E-state index in [9.17, 15) is 19.5 Å². The Hall–Kier alpha value is -4.59. The number of aliphatic hydroxyl groups excluding tert-OH is 1. The van der Waals surface area contributed by atoms with E-state index in [2.05, 4.69) is 26.4 Å². The zero-order chi connectivity index (χ0) is 37.6. The van der Waals surface area contributed by atoms with Crippen LogP contribution in [0, 0.1) is 5.92 Å². The molecule has 0 fully saturated rings. The van der Waals surface area contributed by atoms with Gasteiger partial charge in [-0.1, -0.05) is 80.6 Å². The van der Waals surface area contributed by atoms with Crippen molar-refractivity contribution in [2.45, 2.75) is 96.2 Å². The lowest BCUT2D eigenvalue weighted by Gasteiger charge is -2.30. The Labute approximate surface area is 320 Å². The molecule has 1 aliphatic rings. The lowest BCUT2D eigenvalue weighted by atomic mass is 9.93. The van der Waals surface area contributed by atoms with Crippen molar-refractivity contribution in [3.8, 4) is 0 Å². The number of carbonyl (C=O) groups excluding carboxylic acids is 3. The molecular weight excluding hydrogens is 709 g/mol. The lowest BCUT2D eigenvalue weighted by molar-refractivity contribution is -0.124. The maximum Gasteiger partial charge on any atom is 0.407 e. The number of alkyl carbamates (subject to hydrolysis) is 1. The van der Waals surface area contributed by atoms with Gasteiger partial charge in [-0.25, -0.2) is 18.9 Å². The summed E-state index contributed by atoms with van der Waals surface area (Å²) in [6.45, 7) is 4.15. The number of aliphatic hydroxyl groups is 1. The van der Waals surface area contributed by atoms with Crippen LogP contribution in [0.15, 0.2) is 84.4 Å². The van der Waals surface area contributed by atoms with Gasteiger partial charge in [0.15, 0.2) is 0 Å². The number of allylic oxidation sites excluding steroid dienone is 2. The highest BCUT2D eigenvalue weighted by atomic mass is 32.1. The SMILES string of the molecule is CC(C)[C@H](NC(=O)N(C)Cc1csc(C2=CCCCC2)n1)C(=O)N[C@@H](Cc1ccccc1)C[C@H](O)[C@H](Cc1ccccc1)NC(=O)OCc1ccns1. The predicted octanol–water partition coefficient (Wildman–Crippen LogP) is 6.74. The summed E-state index contributed by atoms with van der Waals surface area (Å²) in [6, 6.07) is 18.6. The van der Waals surface area contributed by atoms with E-state index >= 15 is 0 Å². The second-order valence-corrected chi connectivity index (χ2v) is 15.6. The minimum atomic E-state index is -1.05. The molecule has 5 rings (SSSR count). The lowest BCUT2D eigenvalue weighted by Crippen LogP contribution is -2.55. The van der Waals surface area contributed by atoms with Crippen molar-refractivity contribution in [1.29, 1.82) is 0 Å². The third kappa shape index (κ3) is 12.5. The molecule has 0 aliphatic heterocycles. The average Bonchev–Trinajstić information content (AvgIpc) is 3.86. The number of aromatic nitrogens is 2. The second-order valence-electron chi connectivity index (χ2n) is 13.8. The van der Waals surface area contributed by atoms with Crippen LogP contribution in [-0.4, -0.2) is 68.7 Å². The smallest absolute Gasteiger partial charge is 0.407 e. The van der Waals surface area contributed by atoms with E-state index in [0.717, 1.165) is 39.5 Å². The van der Waals surface area contributed by atoms with Gasteiger partial charge >= 0.3 is 12.1 Å². The molecule has 0 bridgehead atoms. The number of hydrogen-bond acceptors (Lipinski definition) is 9. The number of benzene rings is 2. The molecule has 0 spiro atoms. The van der Waals surface area contributed by atoms with Gasteiger partial charge in [0, 0.05) is 24.7 Å². The van der Waals surface area contributed by atoms with Crippen molar-refractivity contribution in [2.75, 3.05) is 7.05 Å². The fraction of sp³-hybridized carbons (Fsp3) is 0.425. The van der Waals surface area contributed by atoms with E-state index in [-0.39, 0.29) is 30.9 Å². The quantitative estimate of drug-likeness (QED) is 0.0934. The van der Waals surface area contributed by atoms with Crippen LogP contribution in [0.4, 0.5) is 9.59 Å². The third-order valence-corrected chi connectivity index (χ3v) is 10.9. The second kappa shape index (κ2) is 20.0. The van der Waals surface area contributed by atoms with Crippen LogP contribution in [0.3, 0.4) is 0 Å². The van der Waals surface area contributed by atoms with Crippen LogP contribution in [0.5, 0.6) is 0 Å². The van der Waals surface area contributed by atoms with Crippen LogP contribution in [0.1, 0.15) is 72.7 Å². The van der Waals surface area contributed by atoms with E-state index in [0.29, 0.717) is 19.4 Å². The van der Waals surface area contributed by atoms with Crippen molar-refractivity contribution < 1.29 is 24.2 Å². The predicted molar refractivity (Wildman–Crippen MR) is 209 cm³/mol. The van der Waals surface area contributed by atoms with Gasteiger partial charge in [0.05, 0.1) is 29.3 Å². The van der Waals surface area contributed by atoms with Gasteiger partial charge in [0.25, 0.3) is 0 Å². The summed E-state index contributed by atoms with van der Waals surface area (Å²) in [7, 11) is 1.69. The molecule has 53 heavy (non-hydrogen) atoms. The van der Waals surface area contributed by atoms with Gasteiger partial charge in [-0.2, -0.15) is 0 Å². The van der Waals surface area contributed by atoms with Gasteiger partial charge in [-0.3, -0.25) is 4.79 Å². The summed E-state index contributed by atoms with van der Waals surface area (Å²) in [5.41, 5.74) is 3.98. The number of rotatable bonds is 17. The van der Waals surface area contributed by atoms with Crippen LogP contribution in [0.2, 0.25) is 0 Å². The van der Waals surface area contributed by atoms with Gasteiger partial charge in [-0.15, -0.1) is 11.3 Å². The van der Waals surface area contributed by atoms with Crippen LogP contribution in [0.25, 0.3) is 5.57 Å². The Morgan fingerprint density at radius 2 is 1.66 bits per heavy atom. The minimum absolute atomic E-state index is 0.0674. The zero-order valence-corrected chi connectivity index (χ0v) is 32.2. The van der Waals surface area contributed by atoms with E-state index in [1.54, 1.807) is 30.6 Å². The molecule has 0 unspecified atom stereocenters. The molecule has 2 heterocycles. The Bertz CT molecular complexity index is 1770. The summed E-state index contributed by atoms with van der Waals surface area (Å²) < 4.78 is 9.48. The minimum Gasteiger partial charge on any atom is -0.444 e. The van der Waals surface area contributed by atoms with Gasteiger partial charge in [0.2, 0.25) is 5.91 Å². The first-order valence-corrected chi connectivity index (χ1v) is 19.8. The van der Waals surface area contributed by atoms with E-state index in [1.165, 1.54) is 34.8 Å². The first-order chi connectivity index (χ1) is 25.6. The van der Waals surface area contributed by atoms with Crippen LogP contribution in [-0.2, 0) is 35.5 Å². The number of nitrogens with zero attached hydrogens (tertiary/aromatic N) is 3. The largest absolute Gasteiger partial charge is 0.444 e. The maximum atomic E-state index is 14.0. The number of thiazole rings is 1. The number of hydrogen-bond donors (Lipinski definition) is 4. The summed E-state index contributed by atoms with van der Waals surface area (Å²) >= 11 is 2.84. The molecule has 0 saturated heterocycles. The zero-order valence-electron chi connectivity index (χ0n) is 30.6.